The maximum absolute atomic E-state index is 13.3. The Morgan fingerprint density at radius 2 is 1.95 bits per heavy atom. The Labute approximate surface area is 125 Å². The van der Waals surface area contributed by atoms with Crippen LogP contribution in [0.25, 0.3) is 0 Å². The fourth-order valence-electron chi connectivity index (χ4n) is 2.50. The van der Waals surface area contributed by atoms with Crippen LogP contribution in [0.2, 0.25) is 0 Å². The Kier molecular flexibility index (Phi) is 3.52. The Hall–Kier alpha value is -1.39. The van der Waals surface area contributed by atoms with Crippen LogP contribution in [0.4, 0.5) is 4.39 Å². The Bertz CT molecular complexity index is 657. The van der Waals surface area contributed by atoms with E-state index >= 15 is 0 Å². The third kappa shape index (κ3) is 2.45. The summed E-state index contributed by atoms with van der Waals surface area (Å²) in [5, 5.41) is 10.2. The zero-order chi connectivity index (χ0) is 14.3. The molecule has 0 spiro atoms. The Morgan fingerprint density at radius 1 is 1.20 bits per heavy atom. The van der Waals surface area contributed by atoms with E-state index in [1.54, 1.807) is 6.07 Å². The molecule has 2 aromatic rings. The number of halogens is 2. The van der Waals surface area contributed by atoms with Crippen molar-refractivity contribution in [2.24, 2.45) is 0 Å². The second kappa shape index (κ2) is 5.19. The predicted octanol–water partition coefficient (Wildman–Crippen LogP) is 4.45. The van der Waals surface area contributed by atoms with Gasteiger partial charge in [-0.15, -0.1) is 0 Å². The quantitative estimate of drug-likeness (QED) is 0.833. The van der Waals surface area contributed by atoms with Crippen molar-refractivity contribution >= 4 is 15.9 Å². The molecule has 0 amide bonds. The van der Waals surface area contributed by atoms with Gasteiger partial charge in [0, 0.05) is 28.1 Å². The number of rotatable bonds is 1. The topological polar surface area (TPSA) is 29.5 Å². The lowest BCUT2D eigenvalue weighted by atomic mass is 9.94. The maximum Gasteiger partial charge on any atom is 0.128 e. The second-order valence-electron chi connectivity index (χ2n) is 5.07. The molecule has 0 saturated carbocycles. The van der Waals surface area contributed by atoms with Gasteiger partial charge in [0.15, 0.2) is 0 Å². The van der Waals surface area contributed by atoms with Gasteiger partial charge in [0.1, 0.15) is 17.7 Å². The molecule has 104 valence electrons. The Morgan fingerprint density at radius 3 is 2.70 bits per heavy atom. The van der Waals surface area contributed by atoms with E-state index in [2.05, 4.69) is 15.9 Å². The highest BCUT2D eigenvalue weighted by Crippen LogP contribution is 2.42. The van der Waals surface area contributed by atoms with Crippen molar-refractivity contribution in [3.63, 3.8) is 0 Å². The van der Waals surface area contributed by atoms with E-state index in [1.807, 2.05) is 25.1 Å². The van der Waals surface area contributed by atoms with Crippen molar-refractivity contribution in [1.82, 2.24) is 0 Å². The van der Waals surface area contributed by atoms with Gasteiger partial charge < -0.3 is 9.84 Å². The first-order valence-electron chi connectivity index (χ1n) is 6.45. The summed E-state index contributed by atoms with van der Waals surface area (Å²) in [6, 6.07) is 10.2. The van der Waals surface area contributed by atoms with E-state index in [4.69, 9.17) is 4.74 Å². The summed E-state index contributed by atoms with van der Waals surface area (Å²) in [5.74, 6) is 0.0563. The average molecular weight is 337 g/mol. The molecule has 0 aliphatic carbocycles. The minimum atomic E-state index is -0.641. The molecule has 4 heteroatoms. The molecule has 2 nitrogen and oxygen atoms in total. The largest absolute Gasteiger partial charge is 0.485 e. The molecule has 1 heterocycles. The normalized spacial score (nSPS) is 21.2. The van der Waals surface area contributed by atoms with E-state index in [1.165, 1.54) is 12.1 Å². The summed E-state index contributed by atoms with van der Waals surface area (Å²) < 4.78 is 20.1. The number of hydrogen-bond donors (Lipinski definition) is 1. The van der Waals surface area contributed by atoms with Crippen molar-refractivity contribution in [2.45, 2.75) is 25.6 Å². The van der Waals surface area contributed by atoms with Crippen LogP contribution in [0.5, 0.6) is 5.75 Å². The molecule has 0 fully saturated rings. The van der Waals surface area contributed by atoms with Gasteiger partial charge in [-0.05, 0) is 30.7 Å². The van der Waals surface area contributed by atoms with Crippen LogP contribution in [0.15, 0.2) is 40.9 Å². The lowest BCUT2D eigenvalue weighted by Crippen LogP contribution is -2.19. The molecule has 0 bridgehead atoms. The number of hydrogen-bond acceptors (Lipinski definition) is 2. The first kappa shape index (κ1) is 13.6. The minimum Gasteiger partial charge on any atom is -0.485 e. The first-order valence-corrected chi connectivity index (χ1v) is 7.24. The van der Waals surface area contributed by atoms with Gasteiger partial charge in [-0.1, -0.05) is 28.1 Å². The smallest absolute Gasteiger partial charge is 0.128 e. The van der Waals surface area contributed by atoms with E-state index < -0.39 is 6.10 Å². The van der Waals surface area contributed by atoms with Crippen molar-refractivity contribution in [3.8, 4) is 5.75 Å². The van der Waals surface area contributed by atoms with Crippen LogP contribution in [0, 0.1) is 12.7 Å². The van der Waals surface area contributed by atoms with E-state index in [9.17, 15) is 9.50 Å². The molecule has 1 aliphatic heterocycles. The zero-order valence-corrected chi connectivity index (χ0v) is 12.5. The highest BCUT2D eigenvalue weighted by molar-refractivity contribution is 9.10. The molecule has 0 radical (unpaired) electrons. The fraction of sp³-hybridized carbons (Fsp3) is 0.250. The summed E-state index contributed by atoms with van der Waals surface area (Å²) >= 11 is 3.52. The van der Waals surface area contributed by atoms with Crippen molar-refractivity contribution in [2.75, 3.05) is 0 Å². The summed E-state index contributed by atoms with van der Waals surface area (Å²) in [7, 11) is 0. The zero-order valence-electron chi connectivity index (χ0n) is 10.9. The summed E-state index contributed by atoms with van der Waals surface area (Å²) in [6.07, 6.45) is -0.466. The standard InChI is InChI=1S/C16H14BrFO2/c1-9-2-4-11(13(17)6-9)16-8-14(19)12-5-3-10(18)7-15(12)20-16/h2-7,14,16,19H,8H2,1H3/t14-,16?/m0/s1. The molecule has 20 heavy (non-hydrogen) atoms. The third-order valence-electron chi connectivity index (χ3n) is 3.54. The monoisotopic (exact) mass is 336 g/mol. The number of ether oxygens (including phenoxy) is 1. The SMILES string of the molecule is Cc1ccc(C2C[C@H](O)c3ccc(F)cc3O2)c(Br)c1. The molecule has 1 aliphatic rings. The summed E-state index contributed by atoms with van der Waals surface area (Å²) in [4.78, 5) is 0. The molecule has 2 atom stereocenters. The number of aryl methyl sites for hydroxylation is 1. The molecule has 2 aromatic carbocycles. The summed E-state index contributed by atoms with van der Waals surface area (Å²) in [6.45, 7) is 2.01. The van der Waals surface area contributed by atoms with E-state index in [-0.39, 0.29) is 11.9 Å². The third-order valence-corrected chi connectivity index (χ3v) is 4.23. The van der Waals surface area contributed by atoms with Crippen molar-refractivity contribution in [1.29, 1.82) is 0 Å². The highest BCUT2D eigenvalue weighted by Gasteiger charge is 2.29. The van der Waals surface area contributed by atoms with Gasteiger partial charge >= 0.3 is 0 Å². The number of aliphatic hydroxyl groups is 1. The lowest BCUT2D eigenvalue weighted by Gasteiger charge is -2.30. The lowest BCUT2D eigenvalue weighted by molar-refractivity contribution is 0.0650. The van der Waals surface area contributed by atoms with Crippen LogP contribution in [0.1, 0.15) is 35.3 Å². The fourth-order valence-corrected chi connectivity index (χ4v) is 3.25. The van der Waals surface area contributed by atoms with Gasteiger partial charge in [-0.2, -0.15) is 0 Å². The maximum atomic E-state index is 13.3. The molecule has 0 saturated heterocycles. The average Bonchev–Trinajstić information content (AvgIpc) is 2.37. The Balaban J connectivity index is 1.98. The molecule has 1 N–H and O–H groups in total. The van der Waals surface area contributed by atoms with Gasteiger partial charge in [0.2, 0.25) is 0 Å². The van der Waals surface area contributed by atoms with Crippen molar-refractivity contribution in [3.05, 3.63) is 63.4 Å². The molecule has 0 aromatic heterocycles. The molecule has 3 rings (SSSR count). The van der Waals surface area contributed by atoms with Crippen LogP contribution >= 0.6 is 15.9 Å². The van der Waals surface area contributed by atoms with E-state index in [0.29, 0.717) is 17.7 Å². The number of benzene rings is 2. The van der Waals surface area contributed by atoms with Gasteiger partial charge in [0.05, 0.1) is 6.10 Å². The van der Waals surface area contributed by atoms with Crippen molar-refractivity contribution < 1.29 is 14.2 Å². The molecular weight excluding hydrogens is 323 g/mol. The van der Waals surface area contributed by atoms with Gasteiger partial charge in [-0.25, -0.2) is 4.39 Å². The highest BCUT2D eigenvalue weighted by atomic mass is 79.9. The number of aliphatic hydroxyl groups excluding tert-OH is 1. The van der Waals surface area contributed by atoms with Crippen LogP contribution < -0.4 is 4.74 Å². The van der Waals surface area contributed by atoms with Crippen LogP contribution in [-0.4, -0.2) is 5.11 Å². The van der Waals surface area contributed by atoms with Gasteiger partial charge in [-0.3, -0.25) is 0 Å². The van der Waals surface area contributed by atoms with E-state index in [0.717, 1.165) is 15.6 Å². The first-order chi connectivity index (χ1) is 9.54. The predicted molar refractivity (Wildman–Crippen MR) is 78.2 cm³/mol. The molecule has 1 unspecified atom stereocenters. The van der Waals surface area contributed by atoms with Crippen LogP contribution in [0.3, 0.4) is 0 Å². The van der Waals surface area contributed by atoms with Crippen LogP contribution in [-0.2, 0) is 0 Å². The molecular formula is C16H14BrFO2. The summed E-state index contributed by atoms with van der Waals surface area (Å²) in [5.41, 5.74) is 2.75. The number of fused-ring (bicyclic) bond motifs is 1. The van der Waals surface area contributed by atoms with Gasteiger partial charge in [0.25, 0.3) is 0 Å². The second-order valence-corrected chi connectivity index (χ2v) is 5.92. The minimum absolute atomic E-state index is 0.283.